The lowest BCUT2D eigenvalue weighted by atomic mass is 10.00. The molecule has 1 unspecified atom stereocenters. The minimum absolute atomic E-state index is 0.362. The Bertz CT molecular complexity index is 655. The van der Waals surface area contributed by atoms with Crippen molar-refractivity contribution in [2.45, 2.75) is 26.3 Å². The summed E-state index contributed by atoms with van der Waals surface area (Å²) in [5, 5.41) is 3.51. The Morgan fingerprint density at radius 2 is 1.90 bits per heavy atom. The summed E-state index contributed by atoms with van der Waals surface area (Å²) in [5.41, 5.74) is 8.23. The van der Waals surface area contributed by atoms with Crippen LogP contribution in [-0.4, -0.2) is 6.54 Å². The van der Waals surface area contributed by atoms with Crippen molar-refractivity contribution in [2.24, 2.45) is 0 Å². The van der Waals surface area contributed by atoms with Crippen LogP contribution >= 0.6 is 0 Å². The lowest BCUT2D eigenvalue weighted by molar-refractivity contribution is 0.607. The molecule has 0 heterocycles. The Balaban J connectivity index is 1.85. The van der Waals surface area contributed by atoms with Gasteiger partial charge in [-0.25, -0.2) is 0 Å². The topological polar surface area (TPSA) is 12.0 Å². The van der Waals surface area contributed by atoms with Crippen LogP contribution in [0.25, 0.3) is 11.1 Å². The molecule has 102 valence electrons. The average molecular weight is 263 g/mol. The van der Waals surface area contributed by atoms with Crippen molar-refractivity contribution in [1.82, 2.24) is 5.32 Å². The molecule has 2 aromatic rings. The predicted octanol–water partition coefficient (Wildman–Crippen LogP) is 4.48. The molecule has 1 aliphatic rings. The van der Waals surface area contributed by atoms with Gasteiger partial charge in [-0.2, -0.15) is 0 Å². The first-order valence-corrected chi connectivity index (χ1v) is 7.24. The van der Waals surface area contributed by atoms with Crippen molar-refractivity contribution < 1.29 is 0 Å². The fourth-order valence-corrected chi connectivity index (χ4v) is 2.88. The molecule has 0 radical (unpaired) electrons. The number of hydrogen-bond donors (Lipinski definition) is 1. The first kappa shape index (κ1) is 13.1. The summed E-state index contributed by atoms with van der Waals surface area (Å²) in [6.07, 6.45) is 1.06. The monoisotopic (exact) mass is 263 g/mol. The maximum Gasteiger partial charge on any atom is 0.0294 e. The first-order chi connectivity index (χ1) is 9.65. The molecule has 1 N–H and O–H groups in total. The van der Waals surface area contributed by atoms with Crippen molar-refractivity contribution in [3.8, 4) is 11.1 Å². The van der Waals surface area contributed by atoms with Gasteiger partial charge in [0, 0.05) is 12.6 Å². The second-order valence-electron chi connectivity index (χ2n) is 5.81. The highest BCUT2D eigenvalue weighted by Crippen LogP contribution is 2.37. The fraction of sp³-hybridized carbons (Fsp3) is 0.263. The van der Waals surface area contributed by atoms with Crippen LogP contribution in [0.5, 0.6) is 0 Å². The van der Waals surface area contributed by atoms with E-state index in [0.29, 0.717) is 6.04 Å². The molecular weight excluding hydrogens is 242 g/mol. The first-order valence-electron chi connectivity index (χ1n) is 7.24. The molecule has 0 saturated carbocycles. The molecule has 3 rings (SSSR count). The molecule has 0 saturated heterocycles. The lowest BCUT2D eigenvalue weighted by Crippen LogP contribution is -2.20. The molecule has 1 aliphatic carbocycles. The smallest absolute Gasteiger partial charge is 0.0294 e. The zero-order valence-electron chi connectivity index (χ0n) is 12.2. The van der Waals surface area contributed by atoms with Crippen LogP contribution < -0.4 is 5.32 Å². The number of benzene rings is 2. The van der Waals surface area contributed by atoms with Crippen LogP contribution in [0.4, 0.5) is 0 Å². The van der Waals surface area contributed by atoms with Crippen LogP contribution in [0.3, 0.4) is 0 Å². The third-order valence-corrected chi connectivity index (χ3v) is 4.03. The Hall–Kier alpha value is -1.86. The largest absolute Gasteiger partial charge is 0.306 e. The summed E-state index contributed by atoms with van der Waals surface area (Å²) >= 11 is 0. The van der Waals surface area contributed by atoms with Crippen LogP contribution in [0.15, 0.2) is 54.6 Å². The van der Waals surface area contributed by atoms with E-state index in [2.05, 4.69) is 68.2 Å². The minimum atomic E-state index is 0.362. The van der Waals surface area contributed by atoms with E-state index in [1.807, 2.05) is 0 Å². The summed E-state index contributed by atoms with van der Waals surface area (Å²) in [5.74, 6) is 0. The third-order valence-electron chi connectivity index (χ3n) is 4.03. The van der Waals surface area contributed by atoms with Crippen molar-refractivity contribution in [3.05, 3.63) is 71.3 Å². The SMILES string of the molecule is C=C(C)CNC(C)c1ccc2c(c1)Cc1ccccc1-2. The van der Waals surface area contributed by atoms with Crippen molar-refractivity contribution in [3.63, 3.8) is 0 Å². The third kappa shape index (κ3) is 2.41. The van der Waals surface area contributed by atoms with Gasteiger partial charge in [0.25, 0.3) is 0 Å². The Labute approximate surface area is 121 Å². The molecule has 1 nitrogen and oxygen atoms in total. The van der Waals surface area contributed by atoms with Crippen molar-refractivity contribution >= 4 is 0 Å². The van der Waals surface area contributed by atoms with Gasteiger partial charge < -0.3 is 5.32 Å². The average Bonchev–Trinajstić information content (AvgIpc) is 2.82. The van der Waals surface area contributed by atoms with Crippen LogP contribution in [0, 0.1) is 0 Å². The lowest BCUT2D eigenvalue weighted by Gasteiger charge is -2.15. The van der Waals surface area contributed by atoms with Gasteiger partial charge in [0.2, 0.25) is 0 Å². The van der Waals surface area contributed by atoms with E-state index in [1.54, 1.807) is 0 Å². The second kappa shape index (κ2) is 5.26. The minimum Gasteiger partial charge on any atom is -0.306 e. The fourth-order valence-electron chi connectivity index (χ4n) is 2.88. The molecule has 0 spiro atoms. The Morgan fingerprint density at radius 1 is 1.15 bits per heavy atom. The van der Waals surface area contributed by atoms with E-state index in [9.17, 15) is 0 Å². The molecule has 0 amide bonds. The quantitative estimate of drug-likeness (QED) is 0.684. The van der Waals surface area contributed by atoms with Crippen molar-refractivity contribution in [2.75, 3.05) is 6.54 Å². The standard InChI is InChI=1S/C19H21N/c1-13(2)12-20-14(3)15-8-9-19-17(10-15)11-16-6-4-5-7-18(16)19/h4-10,14,20H,1,11-12H2,2-3H3. The molecule has 0 aromatic heterocycles. The zero-order valence-corrected chi connectivity index (χ0v) is 12.2. The van der Waals surface area contributed by atoms with Crippen LogP contribution in [-0.2, 0) is 6.42 Å². The van der Waals surface area contributed by atoms with E-state index >= 15 is 0 Å². The summed E-state index contributed by atoms with van der Waals surface area (Å²) in [7, 11) is 0. The number of nitrogens with one attached hydrogen (secondary N) is 1. The molecule has 0 bridgehead atoms. The maximum atomic E-state index is 3.94. The molecule has 0 fully saturated rings. The highest BCUT2D eigenvalue weighted by atomic mass is 14.9. The van der Waals surface area contributed by atoms with Gasteiger partial charge in [-0.3, -0.25) is 0 Å². The predicted molar refractivity (Wildman–Crippen MR) is 85.9 cm³/mol. The van der Waals surface area contributed by atoms with E-state index in [4.69, 9.17) is 0 Å². The Kier molecular flexibility index (Phi) is 3.45. The highest BCUT2D eigenvalue weighted by Gasteiger charge is 2.18. The number of fused-ring (bicyclic) bond motifs is 3. The van der Waals surface area contributed by atoms with E-state index in [0.717, 1.165) is 13.0 Å². The van der Waals surface area contributed by atoms with Gasteiger partial charge in [-0.05, 0) is 48.1 Å². The molecule has 20 heavy (non-hydrogen) atoms. The van der Waals surface area contributed by atoms with Gasteiger partial charge in [0.1, 0.15) is 0 Å². The maximum absolute atomic E-state index is 3.94. The van der Waals surface area contributed by atoms with Crippen molar-refractivity contribution in [1.29, 1.82) is 0 Å². The number of rotatable bonds is 4. The summed E-state index contributed by atoms with van der Waals surface area (Å²) in [6.45, 7) is 9.09. The summed E-state index contributed by atoms with van der Waals surface area (Å²) in [6, 6.07) is 15.9. The summed E-state index contributed by atoms with van der Waals surface area (Å²) in [4.78, 5) is 0. The van der Waals surface area contributed by atoms with Crippen LogP contribution in [0.2, 0.25) is 0 Å². The van der Waals surface area contributed by atoms with E-state index in [1.165, 1.54) is 33.4 Å². The zero-order chi connectivity index (χ0) is 14.1. The normalized spacial score (nSPS) is 13.7. The summed E-state index contributed by atoms with van der Waals surface area (Å²) < 4.78 is 0. The van der Waals surface area contributed by atoms with E-state index in [-0.39, 0.29) is 0 Å². The number of hydrogen-bond acceptors (Lipinski definition) is 1. The highest BCUT2D eigenvalue weighted by molar-refractivity contribution is 5.76. The van der Waals surface area contributed by atoms with E-state index < -0.39 is 0 Å². The van der Waals surface area contributed by atoms with Gasteiger partial charge in [0.05, 0.1) is 0 Å². The van der Waals surface area contributed by atoms with Crippen LogP contribution in [0.1, 0.15) is 36.6 Å². The molecule has 1 heteroatoms. The van der Waals surface area contributed by atoms with Gasteiger partial charge in [-0.15, -0.1) is 0 Å². The molecular formula is C19H21N. The molecule has 0 aliphatic heterocycles. The van der Waals surface area contributed by atoms with Gasteiger partial charge in [0.15, 0.2) is 0 Å². The molecule has 1 atom stereocenters. The second-order valence-corrected chi connectivity index (χ2v) is 5.81. The Morgan fingerprint density at radius 3 is 2.70 bits per heavy atom. The molecule has 2 aromatic carbocycles. The van der Waals surface area contributed by atoms with Gasteiger partial charge >= 0.3 is 0 Å². The van der Waals surface area contributed by atoms with Gasteiger partial charge in [-0.1, -0.05) is 54.6 Å².